The average Bonchev–Trinajstić information content (AvgIpc) is 2.60. The van der Waals surface area contributed by atoms with Crippen molar-refractivity contribution in [1.82, 2.24) is 0 Å². The quantitative estimate of drug-likeness (QED) is 0.529. The van der Waals surface area contributed by atoms with Gasteiger partial charge in [0, 0.05) is 0 Å². The zero-order valence-corrected chi connectivity index (χ0v) is 14.9. The molecule has 0 aliphatic rings. The Bertz CT molecular complexity index is 812. The molecule has 134 valence electrons. The normalized spacial score (nSPS) is 11.1. The number of aryl methyl sites for hydroxylation is 1. The second kappa shape index (κ2) is 8.64. The van der Waals surface area contributed by atoms with Crippen LogP contribution in [-0.4, -0.2) is 34.7 Å². The molecule has 0 amide bonds. The molecule has 2 rings (SSSR count). The Labute approximate surface area is 147 Å². The summed E-state index contributed by atoms with van der Waals surface area (Å²) in [7, 11) is -2.49. The van der Waals surface area contributed by atoms with Gasteiger partial charge < -0.3 is 9.47 Å². The maximum absolute atomic E-state index is 12.1. The largest absolute Gasteiger partial charge is 0.482 e. The van der Waals surface area contributed by atoms with Gasteiger partial charge in [-0.3, -0.25) is 4.18 Å². The van der Waals surface area contributed by atoms with Gasteiger partial charge in [0.05, 0.1) is 18.6 Å². The molecule has 0 heterocycles. The fraction of sp³-hybridized carbons (Fsp3) is 0.278. The number of benzene rings is 2. The molecule has 0 aliphatic heterocycles. The number of carbonyl (C=O) groups excluding carboxylic acids is 1. The van der Waals surface area contributed by atoms with Gasteiger partial charge in [0.1, 0.15) is 5.75 Å². The Kier molecular flexibility index (Phi) is 6.55. The van der Waals surface area contributed by atoms with Crippen molar-refractivity contribution in [3.63, 3.8) is 0 Å². The third-order valence-electron chi connectivity index (χ3n) is 3.42. The molecule has 0 fully saturated rings. The van der Waals surface area contributed by atoms with E-state index in [2.05, 4.69) is 4.74 Å². The van der Waals surface area contributed by atoms with Crippen molar-refractivity contribution in [3.8, 4) is 5.75 Å². The highest BCUT2D eigenvalue weighted by molar-refractivity contribution is 7.86. The molecule has 0 unspecified atom stereocenters. The number of hydrogen-bond donors (Lipinski definition) is 0. The lowest BCUT2D eigenvalue weighted by Crippen LogP contribution is -2.12. The lowest BCUT2D eigenvalue weighted by Gasteiger charge is -2.08. The summed E-state index contributed by atoms with van der Waals surface area (Å²) in [6, 6.07) is 13.5. The van der Waals surface area contributed by atoms with Crippen LogP contribution < -0.4 is 4.74 Å². The molecule has 6 nitrogen and oxygen atoms in total. The van der Waals surface area contributed by atoms with Crippen molar-refractivity contribution in [3.05, 3.63) is 59.7 Å². The molecule has 7 heteroatoms. The Balaban J connectivity index is 1.90. The molecule has 0 aromatic heterocycles. The molecule has 0 radical (unpaired) electrons. The summed E-state index contributed by atoms with van der Waals surface area (Å²) in [5, 5.41) is 0. The second-order valence-corrected chi connectivity index (χ2v) is 6.97. The van der Waals surface area contributed by atoms with E-state index in [1.54, 1.807) is 30.3 Å². The Morgan fingerprint density at radius 1 is 1.08 bits per heavy atom. The molecule has 0 saturated carbocycles. The third kappa shape index (κ3) is 5.88. The van der Waals surface area contributed by atoms with E-state index in [9.17, 15) is 13.2 Å². The SMILES string of the molecule is COC(=O)COc1cccc(CCOS(=O)(=O)c2ccc(C)cc2)c1. The Hall–Kier alpha value is -2.38. The average molecular weight is 364 g/mol. The molecule has 0 saturated heterocycles. The lowest BCUT2D eigenvalue weighted by molar-refractivity contribution is -0.142. The van der Waals surface area contributed by atoms with E-state index in [4.69, 9.17) is 8.92 Å². The molecular weight excluding hydrogens is 344 g/mol. The van der Waals surface area contributed by atoms with Crippen LogP contribution in [0.1, 0.15) is 11.1 Å². The Morgan fingerprint density at radius 3 is 2.48 bits per heavy atom. The third-order valence-corrected chi connectivity index (χ3v) is 4.75. The maximum atomic E-state index is 12.1. The summed E-state index contributed by atoms with van der Waals surface area (Å²) in [6.45, 7) is 1.71. The molecule has 0 N–H and O–H groups in total. The van der Waals surface area contributed by atoms with Crippen molar-refractivity contribution in [2.24, 2.45) is 0 Å². The van der Waals surface area contributed by atoms with Crippen LogP contribution in [0.3, 0.4) is 0 Å². The van der Waals surface area contributed by atoms with Gasteiger partial charge in [-0.15, -0.1) is 0 Å². The van der Waals surface area contributed by atoms with E-state index >= 15 is 0 Å². The highest BCUT2D eigenvalue weighted by Gasteiger charge is 2.14. The van der Waals surface area contributed by atoms with Crippen molar-refractivity contribution in [2.45, 2.75) is 18.2 Å². The van der Waals surface area contributed by atoms with Crippen LogP contribution in [0.15, 0.2) is 53.4 Å². The van der Waals surface area contributed by atoms with Gasteiger partial charge in [-0.05, 0) is 43.2 Å². The van der Waals surface area contributed by atoms with E-state index in [1.807, 2.05) is 13.0 Å². The first-order valence-electron chi connectivity index (χ1n) is 7.65. The van der Waals surface area contributed by atoms with E-state index in [1.165, 1.54) is 19.2 Å². The minimum atomic E-state index is -3.77. The minimum absolute atomic E-state index is 0.0106. The van der Waals surface area contributed by atoms with Gasteiger partial charge in [0.2, 0.25) is 0 Å². The summed E-state index contributed by atoms with van der Waals surface area (Å²) in [5.41, 5.74) is 1.81. The van der Waals surface area contributed by atoms with Gasteiger partial charge in [0.25, 0.3) is 10.1 Å². The fourth-order valence-corrected chi connectivity index (χ4v) is 2.94. The van der Waals surface area contributed by atoms with Crippen molar-refractivity contribution < 1.29 is 26.9 Å². The number of carbonyl (C=O) groups is 1. The summed E-state index contributed by atoms with van der Waals surface area (Å²) >= 11 is 0. The molecule has 0 bridgehead atoms. The number of hydrogen-bond acceptors (Lipinski definition) is 6. The smallest absolute Gasteiger partial charge is 0.343 e. The molecule has 2 aromatic carbocycles. The van der Waals surface area contributed by atoms with Gasteiger partial charge >= 0.3 is 5.97 Å². The monoisotopic (exact) mass is 364 g/mol. The highest BCUT2D eigenvalue weighted by atomic mass is 32.2. The predicted octanol–water partition coefficient (Wildman–Crippen LogP) is 2.49. The van der Waals surface area contributed by atoms with Gasteiger partial charge in [-0.2, -0.15) is 8.42 Å². The topological polar surface area (TPSA) is 78.9 Å². The second-order valence-electron chi connectivity index (χ2n) is 5.35. The van der Waals surface area contributed by atoms with Gasteiger partial charge in [-0.25, -0.2) is 4.79 Å². The first-order chi connectivity index (χ1) is 11.9. The first-order valence-corrected chi connectivity index (χ1v) is 9.06. The van der Waals surface area contributed by atoms with Crippen LogP contribution in [0.2, 0.25) is 0 Å². The number of esters is 1. The molecule has 25 heavy (non-hydrogen) atoms. The zero-order valence-electron chi connectivity index (χ0n) is 14.1. The highest BCUT2D eigenvalue weighted by Crippen LogP contribution is 2.16. The standard InChI is InChI=1S/C18H20O6S/c1-14-6-8-17(9-7-14)25(20,21)24-11-10-15-4-3-5-16(12-15)23-13-18(19)22-2/h3-9,12H,10-11,13H2,1-2H3. The van der Waals surface area contributed by atoms with Crippen LogP contribution in [0, 0.1) is 6.92 Å². The first kappa shape index (κ1) is 19.0. The summed E-state index contributed by atoms with van der Waals surface area (Å²) < 4.78 is 39.1. The maximum Gasteiger partial charge on any atom is 0.343 e. The van der Waals surface area contributed by atoms with E-state index in [0.717, 1.165) is 11.1 Å². The number of rotatable bonds is 8. The van der Waals surface area contributed by atoms with Crippen molar-refractivity contribution in [2.75, 3.05) is 20.3 Å². The summed E-state index contributed by atoms with van der Waals surface area (Å²) in [4.78, 5) is 11.2. The van der Waals surface area contributed by atoms with Crippen LogP contribution in [0.4, 0.5) is 0 Å². The minimum Gasteiger partial charge on any atom is -0.482 e. The van der Waals surface area contributed by atoms with Crippen LogP contribution in [0.5, 0.6) is 5.75 Å². The fourth-order valence-electron chi connectivity index (χ4n) is 2.03. The molecule has 0 spiro atoms. The van der Waals surface area contributed by atoms with Crippen molar-refractivity contribution >= 4 is 16.1 Å². The zero-order chi connectivity index (χ0) is 18.3. The molecule has 2 aromatic rings. The Morgan fingerprint density at radius 2 is 1.80 bits per heavy atom. The molecule has 0 aliphatic carbocycles. The number of ether oxygens (including phenoxy) is 2. The lowest BCUT2D eigenvalue weighted by atomic mass is 10.1. The van der Waals surface area contributed by atoms with Crippen molar-refractivity contribution in [1.29, 1.82) is 0 Å². The summed E-state index contributed by atoms with van der Waals surface area (Å²) in [6.07, 6.45) is 0.389. The van der Waals surface area contributed by atoms with Crippen LogP contribution in [0.25, 0.3) is 0 Å². The predicted molar refractivity (Wildman–Crippen MR) is 92.0 cm³/mol. The van der Waals surface area contributed by atoms with E-state index < -0.39 is 16.1 Å². The van der Waals surface area contributed by atoms with Gasteiger partial charge in [0.15, 0.2) is 6.61 Å². The van der Waals surface area contributed by atoms with E-state index in [0.29, 0.717) is 12.2 Å². The number of methoxy groups -OCH3 is 1. The van der Waals surface area contributed by atoms with Gasteiger partial charge in [-0.1, -0.05) is 29.8 Å². The van der Waals surface area contributed by atoms with Crippen LogP contribution >= 0.6 is 0 Å². The summed E-state index contributed by atoms with van der Waals surface area (Å²) in [5.74, 6) is 0.0298. The molecule has 0 atom stereocenters. The van der Waals surface area contributed by atoms with E-state index in [-0.39, 0.29) is 18.1 Å². The van der Waals surface area contributed by atoms with Crippen LogP contribution in [-0.2, 0) is 30.3 Å². The molecular formula is C18H20O6S.